The van der Waals surface area contributed by atoms with Crippen molar-refractivity contribution in [2.24, 2.45) is 0 Å². The smallest absolute Gasteiger partial charge is 0.119 e. The van der Waals surface area contributed by atoms with Crippen LogP contribution >= 0.6 is 0 Å². The van der Waals surface area contributed by atoms with E-state index in [1.165, 1.54) is 29.7 Å². The molecule has 0 fully saturated rings. The van der Waals surface area contributed by atoms with Crippen molar-refractivity contribution in [1.29, 1.82) is 0 Å². The molecule has 0 unspecified atom stereocenters. The maximum Gasteiger partial charge on any atom is 0.119 e. The second-order valence-corrected chi connectivity index (χ2v) is 5.64. The first-order valence-electron chi connectivity index (χ1n) is 7.55. The Labute approximate surface area is 126 Å². The molecule has 2 N–H and O–H groups in total. The molecule has 0 saturated heterocycles. The molecule has 3 nitrogen and oxygen atoms in total. The van der Waals surface area contributed by atoms with E-state index in [-0.39, 0.29) is 0 Å². The maximum atomic E-state index is 5.81. The molecule has 3 rings (SSSR count). The minimum Gasteiger partial charge on any atom is -0.492 e. The van der Waals surface area contributed by atoms with Crippen molar-refractivity contribution < 1.29 is 4.74 Å². The molecule has 0 saturated carbocycles. The monoisotopic (exact) mass is 282 g/mol. The molecule has 2 aromatic carbocycles. The molecule has 0 aliphatic carbocycles. The molecule has 0 spiro atoms. The summed E-state index contributed by atoms with van der Waals surface area (Å²) in [5, 5.41) is 0. The van der Waals surface area contributed by atoms with Crippen molar-refractivity contribution in [1.82, 2.24) is 0 Å². The number of hydrogen-bond donors (Lipinski definition) is 1. The summed E-state index contributed by atoms with van der Waals surface area (Å²) in [6.07, 6.45) is 2.41. The quantitative estimate of drug-likeness (QED) is 0.873. The fraction of sp³-hybridized carbons (Fsp3) is 0.333. The van der Waals surface area contributed by atoms with Gasteiger partial charge in [-0.2, -0.15) is 0 Å². The first kappa shape index (κ1) is 13.8. The van der Waals surface area contributed by atoms with Gasteiger partial charge in [-0.3, -0.25) is 0 Å². The highest BCUT2D eigenvalue weighted by molar-refractivity contribution is 5.56. The number of nitrogen functional groups attached to an aromatic ring is 1. The number of hydrogen-bond acceptors (Lipinski definition) is 3. The summed E-state index contributed by atoms with van der Waals surface area (Å²) < 4.78 is 5.81. The van der Waals surface area contributed by atoms with Crippen molar-refractivity contribution in [3.8, 4) is 5.75 Å². The van der Waals surface area contributed by atoms with E-state index in [0.29, 0.717) is 6.61 Å². The molecule has 0 radical (unpaired) electrons. The van der Waals surface area contributed by atoms with Crippen LogP contribution in [0.3, 0.4) is 0 Å². The van der Waals surface area contributed by atoms with Gasteiger partial charge in [-0.25, -0.2) is 0 Å². The Morgan fingerprint density at radius 2 is 1.95 bits per heavy atom. The molecule has 3 heteroatoms. The van der Waals surface area contributed by atoms with E-state index in [1.807, 2.05) is 24.3 Å². The Morgan fingerprint density at radius 1 is 1.14 bits per heavy atom. The van der Waals surface area contributed by atoms with E-state index in [9.17, 15) is 0 Å². The van der Waals surface area contributed by atoms with E-state index < -0.39 is 0 Å². The molecule has 110 valence electrons. The number of nitrogens with zero attached hydrogens (tertiary/aromatic N) is 1. The van der Waals surface area contributed by atoms with E-state index in [1.54, 1.807) is 0 Å². The fourth-order valence-electron chi connectivity index (χ4n) is 2.87. The Bertz CT molecular complexity index is 607. The summed E-state index contributed by atoms with van der Waals surface area (Å²) in [6, 6.07) is 14.3. The number of nitrogens with two attached hydrogens (primary N) is 1. The summed E-state index contributed by atoms with van der Waals surface area (Å²) in [5.74, 6) is 0.880. The second kappa shape index (κ2) is 6.08. The van der Waals surface area contributed by atoms with Crippen LogP contribution in [-0.4, -0.2) is 19.7 Å². The number of aryl methyl sites for hydroxylation is 2. The average Bonchev–Trinajstić information content (AvgIpc) is 2.49. The van der Waals surface area contributed by atoms with E-state index in [2.05, 4.69) is 30.0 Å². The molecule has 0 bridgehead atoms. The SMILES string of the molecule is Cc1ccc2c(c1)CCCN2CCOc1ccc(N)cc1. The highest BCUT2D eigenvalue weighted by atomic mass is 16.5. The zero-order chi connectivity index (χ0) is 14.7. The van der Waals surface area contributed by atoms with Crippen LogP contribution in [0, 0.1) is 6.92 Å². The lowest BCUT2D eigenvalue weighted by molar-refractivity contribution is 0.322. The number of rotatable bonds is 4. The highest BCUT2D eigenvalue weighted by Crippen LogP contribution is 2.27. The van der Waals surface area contributed by atoms with Gasteiger partial charge in [0.1, 0.15) is 12.4 Å². The van der Waals surface area contributed by atoms with Crippen LogP contribution in [0.15, 0.2) is 42.5 Å². The van der Waals surface area contributed by atoms with Gasteiger partial charge in [-0.05, 0) is 55.7 Å². The Hall–Kier alpha value is -2.16. The standard InChI is InChI=1S/C18H22N2O/c1-14-4-9-18-15(13-14)3-2-10-20(18)11-12-21-17-7-5-16(19)6-8-17/h4-9,13H,2-3,10-12,19H2,1H3. The zero-order valence-corrected chi connectivity index (χ0v) is 12.5. The van der Waals surface area contributed by atoms with Gasteiger partial charge in [0.2, 0.25) is 0 Å². The van der Waals surface area contributed by atoms with Gasteiger partial charge in [-0.1, -0.05) is 17.7 Å². The molecule has 2 aromatic rings. The molecule has 0 amide bonds. The first-order valence-corrected chi connectivity index (χ1v) is 7.55. The minimum atomic E-state index is 0.692. The Balaban J connectivity index is 1.60. The van der Waals surface area contributed by atoms with Crippen molar-refractivity contribution in [3.05, 3.63) is 53.6 Å². The van der Waals surface area contributed by atoms with E-state index >= 15 is 0 Å². The fourth-order valence-corrected chi connectivity index (χ4v) is 2.87. The van der Waals surface area contributed by atoms with Crippen LogP contribution < -0.4 is 15.4 Å². The number of ether oxygens (including phenoxy) is 1. The average molecular weight is 282 g/mol. The van der Waals surface area contributed by atoms with E-state index in [4.69, 9.17) is 10.5 Å². The van der Waals surface area contributed by atoms with Gasteiger partial charge in [-0.15, -0.1) is 0 Å². The van der Waals surface area contributed by atoms with Gasteiger partial charge in [0, 0.05) is 17.9 Å². The van der Waals surface area contributed by atoms with Crippen LogP contribution in [0.1, 0.15) is 17.5 Å². The molecular weight excluding hydrogens is 260 g/mol. The Kier molecular flexibility index (Phi) is 4.00. The predicted molar refractivity (Wildman–Crippen MR) is 88.1 cm³/mol. The lowest BCUT2D eigenvalue weighted by Crippen LogP contribution is -2.33. The van der Waals surface area contributed by atoms with E-state index in [0.717, 1.165) is 24.5 Å². The lowest BCUT2D eigenvalue weighted by Gasteiger charge is -2.31. The van der Waals surface area contributed by atoms with Gasteiger partial charge in [0.25, 0.3) is 0 Å². The third kappa shape index (κ3) is 3.30. The van der Waals surface area contributed by atoms with Gasteiger partial charge < -0.3 is 15.4 Å². The lowest BCUT2D eigenvalue weighted by atomic mass is 10.00. The molecule has 21 heavy (non-hydrogen) atoms. The van der Waals surface area contributed by atoms with Crippen molar-refractivity contribution in [2.45, 2.75) is 19.8 Å². The molecular formula is C18H22N2O. The summed E-state index contributed by atoms with van der Waals surface area (Å²) in [5.41, 5.74) is 10.6. The summed E-state index contributed by atoms with van der Waals surface area (Å²) >= 11 is 0. The molecule has 1 aliphatic rings. The molecule has 0 aromatic heterocycles. The largest absolute Gasteiger partial charge is 0.492 e. The normalized spacial score (nSPS) is 13.9. The minimum absolute atomic E-state index is 0.692. The van der Waals surface area contributed by atoms with Crippen LogP contribution in [0.25, 0.3) is 0 Å². The maximum absolute atomic E-state index is 5.81. The number of fused-ring (bicyclic) bond motifs is 1. The van der Waals surface area contributed by atoms with Crippen LogP contribution in [0.2, 0.25) is 0 Å². The summed E-state index contributed by atoms with van der Waals surface area (Å²) in [7, 11) is 0. The Morgan fingerprint density at radius 3 is 2.76 bits per heavy atom. The zero-order valence-electron chi connectivity index (χ0n) is 12.5. The second-order valence-electron chi connectivity index (χ2n) is 5.64. The van der Waals surface area contributed by atoms with Gasteiger partial charge in [0.05, 0.1) is 6.54 Å². The number of benzene rings is 2. The van der Waals surface area contributed by atoms with Crippen molar-refractivity contribution in [2.75, 3.05) is 30.3 Å². The van der Waals surface area contributed by atoms with Crippen molar-refractivity contribution >= 4 is 11.4 Å². The summed E-state index contributed by atoms with van der Waals surface area (Å²) in [4.78, 5) is 2.43. The predicted octanol–water partition coefficient (Wildman–Crippen LogP) is 3.41. The third-order valence-corrected chi connectivity index (χ3v) is 3.96. The summed E-state index contributed by atoms with van der Waals surface area (Å²) in [6.45, 7) is 4.88. The van der Waals surface area contributed by atoms with Crippen LogP contribution in [0.5, 0.6) is 5.75 Å². The molecule has 1 heterocycles. The van der Waals surface area contributed by atoms with Gasteiger partial charge >= 0.3 is 0 Å². The van der Waals surface area contributed by atoms with Gasteiger partial charge in [0.15, 0.2) is 0 Å². The van der Waals surface area contributed by atoms with Crippen LogP contribution in [0.4, 0.5) is 11.4 Å². The van der Waals surface area contributed by atoms with Crippen molar-refractivity contribution in [3.63, 3.8) is 0 Å². The number of anilines is 2. The third-order valence-electron chi connectivity index (χ3n) is 3.96. The molecule has 0 atom stereocenters. The topological polar surface area (TPSA) is 38.5 Å². The molecule has 1 aliphatic heterocycles. The van der Waals surface area contributed by atoms with Crippen LogP contribution in [-0.2, 0) is 6.42 Å². The first-order chi connectivity index (χ1) is 10.2. The highest BCUT2D eigenvalue weighted by Gasteiger charge is 2.16.